The number of nitrogens with one attached hydrogen (secondary N) is 1. The fraction of sp³-hybridized carbons (Fsp3) is 0.455. The van der Waals surface area contributed by atoms with E-state index in [-0.39, 0.29) is 18.0 Å². The molecule has 0 fully saturated rings. The van der Waals surface area contributed by atoms with E-state index in [0.717, 1.165) is 6.07 Å². The predicted octanol–water partition coefficient (Wildman–Crippen LogP) is 1.93. The van der Waals surface area contributed by atoms with Gasteiger partial charge < -0.3 is 15.2 Å². The third-order valence-corrected chi connectivity index (χ3v) is 2.18. The molecule has 0 amide bonds. The second-order valence-electron chi connectivity index (χ2n) is 4.43. The summed E-state index contributed by atoms with van der Waals surface area (Å²) in [5, 5.41) is 22.8. The number of rotatable bonds is 5. The number of aliphatic hydroxyl groups is 1. The maximum atomic E-state index is 13.6. The fourth-order valence-corrected chi connectivity index (χ4v) is 1.30. The summed E-state index contributed by atoms with van der Waals surface area (Å²) in [7, 11) is 1.26. The van der Waals surface area contributed by atoms with Crippen molar-refractivity contribution in [3.63, 3.8) is 0 Å². The van der Waals surface area contributed by atoms with Gasteiger partial charge in [-0.15, -0.1) is 0 Å². The van der Waals surface area contributed by atoms with E-state index in [0.29, 0.717) is 0 Å². The highest BCUT2D eigenvalue weighted by molar-refractivity contribution is 5.59. The molecule has 2 N–H and O–H groups in total. The van der Waals surface area contributed by atoms with Gasteiger partial charge in [-0.1, -0.05) is 0 Å². The van der Waals surface area contributed by atoms with E-state index in [1.165, 1.54) is 13.2 Å². The molecule has 7 heteroatoms. The normalized spacial score (nSPS) is 11.2. The Labute approximate surface area is 104 Å². The van der Waals surface area contributed by atoms with Crippen LogP contribution in [-0.4, -0.2) is 29.3 Å². The summed E-state index contributed by atoms with van der Waals surface area (Å²) in [4.78, 5) is 9.94. The Morgan fingerprint density at radius 2 is 2.17 bits per heavy atom. The van der Waals surface area contributed by atoms with Gasteiger partial charge in [0.1, 0.15) is 0 Å². The number of benzene rings is 1. The van der Waals surface area contributed by atoms with Gasteiger partial charge in [-0.2, -0.15) is 0 Å². The molecule has 1 rings (SSSR count). The molecule has 18 heavy (non-hydrogen) atoms. The highest BCUT2D eigenvalue weighted by Crippen LogP contribution is 2.32. The third-order valence-electron chi connectivity index (χ3n) is 2.18. The van der Waals surface area contributed by atoms with Crippen molar-refractivity contribution in [2.75, 3.05) is 19.0 Å². The van der Waals surface area contributed by atoms with Crippen molar-refractivity contribution in [3.05, 3.63) is 28.1 Å². The maximum Gasteiger partial charge on any atom is 0.313 e. The topological polar surface area (TPSA) is 84.6 Å². The summed E-state index contributed by atoms with van der Waals surface area (Å²) in [6.07, 6.45) is 0. The number of nitrogens with zero attached hydrogens (tertiary/aromatic N) is 1. The summed E-state index contributed by atoms with van der Waals surface area (Å²) >= 11 is 0. The van der Waals surface area contributed by atoms with Crippen molar-refractivity contribution < 1.29 is 19.2 Å². The molecule has 0 heterocycles. The largest absolute Gasteiger partial charge is 0.490 e. The van der Waals surface area contributed by atoms with Crippen molar-refractivity contribution in [2.24, 2.45) is 0 Å². The van der Waals surface area contributed by atoms with Gasteiger partial charge in [-0.25, -0.2) is 4.39 Å². The predicted molar refractivity (Wildman–Crippen MR) is 64.4 cm³/mol. The SMILES string of the molecule is COc1cc(NCC(C)(C)O)c(F)cc1[N+](=O)[O-]. The van der Waals surface area contributed by atoms with Gasteiger partial charge in [-0.05, 0) is 13.8 Å². The average molecular weight is 258 g/mol. The highest BCUT2D eigenvalue weighted by Gasteiger charge is 2.20. The van der Waals surface area contributed by atoms with E-state index in [9.17, 15) is 19.6 Å². The molecule has 0 aliphatic heterocycles. The number of nitro benzene ring substituents is 1. The zero-order valence-corrected chi connectivity index (χ0v) is 10.4. The Kier molecular flexibility index (Phi) is 4.07. The van der Waals surface area contributed by atoms with Crippen molar-refractivity contribution in [1.29, 1.82) is 0 Å². The van der Waals surface area contributed by atoms with E-state index < -0.39 is 22.0 Å². The lowest BCUT2D eigenvalue weighted by atomic mass is 10.1. The van der Waals surface area contributed by atoms with Crippen LogP contribution in [-0.2, 0) is 0 Å². The van der Waals surface area contributed by atoms with Gasteiger partial charge in [0.05, 0.1) is 29.4 Å². The second kappa shape index (κ2) is 5.18. The first-order chi connectivity index (χ1) is 8.24. The lowest BCUT2D eigenvalue weighted by Crippen LogP contribution is -2.29. The Morgan fingerprint density at radius 3 is 2.61 bits per heavy atom. The molecular weight excluding hydrogens is 243 g/mol. The molecule has 0 unspecified atom stereocenters. The minimum absolute atomic E-state index is 0.0413. The van der Waals surface area contributed by atoms with Crippen LogP contribution < -0.4 is 10.1 Å². The van der Waals surface area contributed by atoms with Crippen LogP contribution in [0.25, 0.3) is 0 Å². The molecule has 0 bridgehead atoms. The third kappa shape index (κ3) is 3.56. The fourth-order valence-electron chi connectivity index (χ4n) is 1.30. The van der Waals surface area contributed by atoms with Gasteiger partial charge in [0.2, 0.25) is 0 Å². The lowest BCUT2D eigenvalue weighted by molar-refractivity contribution is -0.385. The molecule has 6 nitrogen and oxygen atoms in total. The van der Waals surface area contributed by atoms with Crippen LogP contribution >= 0.6 is 0 Å². The second-order valence-corrected chi connectivity index (χ2v) is 4.43. The maximum absolute atomic E-state index is 13.6. The monoisotopic (exact) mass is 258 g/mol. The first-order valence-electron chi connectivity index (χ1n) is 5.23. The van der Waals surface area contributed by atoms with Crippen LogP contribution in [0.5, 0.6) is 5.75 Å². The molecule has 1 aromatic rings. The Hall–Kier alpha value is -1.89. The summed E-state index contributed by atoms with van der Waals surface area (Å²) in [6.45, 7) is 3.21. The minimum Gasteiger partial charge on any atom is -0.490 e. The zero-order chi connectivity index (χ0) is 13.9. The standard InChI is InChI=1S/C11H15FN2O4/c1-11(2,15)6-13-8-5-10(18-3)9(14(16)17)4-7(8)12/h4-5,13,15H,6H2,1-3H3. The number of hydrogen-bond donors (Lipinski definition) is 2. The smallest absolute Gasteiger partial charge is 0.313 e. The van der Waals surface area contributed by atoms with Crippen LogP contribution in [0.2, 0.25) is 0 Å². The molecule has 1 aromatic carbocycles. The van der Waals surface area contributed by atoms with Crippen LogP contribution in [0.3, 0.4) is 0 Å². The molecule has 0 aromatic heterocycles. The van der Waals surface area contributed by atoms with E-state index in [1.807, 2.05) is 0 Å². The molecule has 0 saturated heterocycles. The molecule has 0 aliphatic rings. The van der Waals surface area contributed by atoms with Crippen molar-refractivity contribution in [2.45, 2.75) is 19.4 Å². The number of ether oxygens (including phenoxy) is 1. The summed E-state index contributed by atoms with van der Waals surface area (Å²) in [5.41, 5.74) is -1.43. The van der Waals surface area contributed by atoms with Gasteiger partial charge in [0, 0.05) is 12.6 Å². The Balaban J connectivity index is 3.04. The molecule has 0 atom stereocenters. The molecular formula is C11H15FN2O4. The van der Waals surface area contributed by atoms with Crippen molar-refractivity contribution in [3.8, 4) is 5.75 Å². The van der Waals surface area contributed by atoms with Crippen molar-refractivity contribution in [1.82, 2.24) is 0 Å². The van der Waals surface area contributed by atoms with Crippen LogP contribution in [0.4, 0.5) is 15.8 Å². The van der Waals surface area contributed by atoms with Crippen LogP contribution in [0.15, 0.2) is 12.1 Å². The molecule has 0 spiro atoms. The van der Waals surface area contributed by atoms with E-state index in [4.69, 9.17) is 4.74 Å². The van der Waals surface area contributed by atoms with Crippen LogP contribution in [0, 0.1) is 15.9 Å². The number of anilines is 1. The van der Waals surface area contributed by atoms with E-state index in [1.54, 1.807) is 13.8 Å². The van der Waals surface area contributed by atoms with Gasteiger partial charge in [0.25, 0.3) is 0 Å². The van der Waals surface area contributed by atoms with Crippen molar-refractivity contribution >= 4 is 11.4 Å². The Bertz CT molecular complexity index is 457. The van der Waals surface area contributed by atoms with Gasteiger partial charge in [-0.3, -0.25) is 10.1 Å². The van der Waals surface area contributed by atoms with E-state index in [2.05, 4.69) is 5.32 Å². The van der Waals surface area contributed by atoms with Gasteiger partial charge in [0.15, 0.2) is 11.6 Å². The number of hydrogen-bond acceptors (Lipinski definition) is 5. The quantitative estimate of drug-likeness (QED) is 0.622. The molecule has 100 valence electrons. The summed E-state index contributed by atoms with van der Waals surface area (Å²) < 4.78 is 18.4. The lowest BCUT2D eigenvalue weighted by Gasteiger charge is -2.19. The first-order valence-corrected chi connectivity index (χ1v) is 5.23. The van der Waals surface area contributed by atoms with Gasteiger partial charge >= 0.3 is 5.69 Å². The average Bonchev–Trinajstić information content (AvgIpc) is 2.25. The van der Waals surface area contributed by atoms with E-state index >= 15 is 0 Å². The zero-order valence-electron chi connectivity index (χ0n) is 10.4. The molecule has 0 aliphatic carbocycles. The highest BCUT2D eigenvalue weighted by atomic mass is 19.1. The summed E-state index contributed by atoms with van der Waals surface area (Å²) in [5.74, 6) is -0.814. The van der Waals surface area contributed by atoms with Crippen LogP contribution in [0.1, 0.15) is 13.8 Å². The molecule has 0 radical (unpaired) electrons. The number of nitro groups is 1. The Morgan fingerprint density at radius 1 is 1.56 bits per heavy atom. The summed E-state index contributed by atoms with van der Waals surface area (Å²) in [6, 6.07) is 1.98. The minimum atomic E-state index is -1.03. The molecule has 0 saturated carbocycles. The first kappa shape index (κ1) is 14.2. The number of methoxy groups -OCH3 is 1. The number of halogens is 1.